The molecule has 3 rings (SSSR count). The Bertz CT molecular complexity index is 791. The minimum atomic E-state index is -1.03. The zero-order chi connectivity index (χ0) is 14.5. The summed E-state index contributed by atoms with van der Waals surface area (Å²) < 4.78 is 7.43. The summed E-state index contributed by atoms with van der Waals surface area (Å²) in [5, 5.41) is 9.06. The van der Waals surface area contributed by atoms with Crippen molar-refractivity contribution in [2.75, 3.05) is 0 Å². The van der Waals surface area contributed by atoms with Gasteiger partial charge < -0.3 is 9.52 Å². The van der Waals surface area contributed by atoms with Gasteiger partial charge in [-0.05, 0) is 0 Å². The van der Waals surface area contributed by atoms with Gasteiger partial charge in [0, 0.05) is 11.6 Å². The molecule has 7 heteroatoms. The molecule has 0 atom stereocenters. The van der Waals surface area contributed by atoms with E-state index in [4.69, 9.17) is 9.52 Å². The van der Waals surface area contributed by atoms with E-state index in [-0.39, 0.29) is 11.1 Å². The first kappa shape index (κ1) is 12.9. The van der Waals surface area contributed by atoms with Crippen LogP contribution in [0.2, 0.25) is 0 Å². The lowest BCUT2D eigenvalue weighted by Gasteiger charge is -2.11. The molecule has 0 bridgehead atoms. The molecule has 0 unspecified atom stereocenters. The Balaban J connectivity index is 2.06. The first-order valence-corrected chi connectivity index (χ1v) is 6.84. The van der Waals surface area contributed by atoms with Crippen molar-refractivity contribution in [3.63, 3.8) is 0 Å². The van der Waals surface area contributed by atoms with Crippen LogP contribution in [0.5, 0.6) is 0 Å². The molecule has 0 saturated carbocycles. The van der Waals surface area contributed by atoms with Crippen molar-refractivity contribution in [1.82, 2.24) is 14.4 Å². The van der Waals surface area contributed by atoms with Gasteiger partial charge in [0.2, 0.25) is 0 Å². The Kier molecular flexibility index (Phi) is 2.68. The van der Waals surface area contributed by atoms with E-state index in [2.05, 4.69) is 9.97 Å². The minimum absolute atomic E-state index is 0.0526. The summed E-state index contributed by atoms with van der Waals surface area (Å²) in [6.45, 7) is 6.07. The van der Waals surface area contributed by atoms with Gasteiger partial charge in [-0.25, -0.2) is 14.8 Å². The lowest BCUT2D eigenvalue weighted by molar-refractivity contribution is 0.0693. The van der Waals surface area contributed by atoms with Gasteiger partial charge in [-0.3, -0.25) is 4.40 Å². The van der Waals surface area contributed by atoms with Crippen LogP contribution in [-0.2, 0) is 5.41 Å². The molecule has 104 valence electrons. The fraction of sp³-hybridized carbons (Fsp3) is 0.308. The molecule has 1 N–H and O–H groups in total. The number of oxazole rings is 1. The maximum Gasteiger partial charge on any atom is 0.357 e. The van der Waals surface area contributed by atoms with Crippen LogP contribution in [-0.4, -0.2) is 25.4 Å². The lowest BCUT2D eigenvalue weighted by Crippen LogP contribution is -2.10. The predicted molar refractivity (Wildman–Crippen MR) is 74.2 cm³/mol. The molecule has 0 saturated heterocycles. The van der Waals surface area contributed by atoms with Crippen LogP contribution < -0.4 is 0 Å². The average Bonchev–Trinajstić information content (AvgIpc) is 3.01. The van der Waals surface area contributed by atoms with Gasteiger partial charge >= 0.3 is 5.97 Å². The number of rotatable bonds is 2. The van der Waals surface area contributed by atoms with Crippen LogP contribution in [0, 0.1) is 0 Å². The Labute approximate surface area is 118 Å². The van der Waals surface area contributed by atoms with Crippen molar-refractivity contribution in [3.8, 4) is 10.6 Å². The molecule has 0 fully saturated rings. The molecule has 0 aliphatic carbocycles. The second kappa shape index (κ2) is 4.17. The molecule has 0 aromatic carbocycles. The molecule has 0 aliphatic rings. The van der Waals surface area contributed by atoms with E-state index in [1.807, 2.05) is 20.8 Å². The van der Waals surface area contributed by atoms with Crippen LogP contribution in [0.3, 0.4) is 0 Å². The number of fused-ring (bicyclic) bond motifs is 1. The third kappa shape index (κ3) is 2.00. The van der Waals surface area contributed by atoms with Crippen molar-refractivity contribution in [2.24, 2.45) is 0 Å². The van der Waals surface area contributed by atoms with E-state index in [0.717, 1.165) is 4.88 Å². The average molecular weight is 291 g/mol. The number of hydrogen-bond acceptors (Lipinski definition) is 5. The van der Waals surface area contributed by atoms with Crippen LogP contribution in [0.25, 0.3) is 15.5 Å². The van der Waals surface area contributed by atoms with Gasteiger partial charge in [-0.2, -0.15) is 0 Å². The maximum absolute atomic E-state index is 11.1. The summed E-state index contributed by atoms with van der Waals surface area (Å²) in [7, 11) is 0. The number of carbonyl (C=O) groups is 1. The summed E-state index contributed by atoms with van der Waals surface area (Å²) in [5.74, 6) is 0.260. The van der Waals surface area contributed by atoms with Gasteiger partial charge in [0.25, 0.3) is 0 Å². The zero-order valence-corrected chi connectivity index (χ0v) is 12.1. The zero-order valence-electron chi connectivity index (χ0n) is 11.2. The van der Waals surface area contributed by atoms with Crippen LogP contribution >= 0.6 is 11.3 Å². The molecule has 0 radical (unpaired) electrons. The van der Waals surface area contributed by atoms with Crippen molar-refractivity contribution < 1.29 is 14.3 Å². The molecule has 6 nitrogen and oxygen atoms in total. The second-order valence-electron chi connectivity index (χ2n) is 5.49. The highest BCUT2D eigenvalue weighted by molar-refractivity contribution is 7.20. The SMILES string of the molecule is CC(C)(C)c1ncc(-c2cn3cnc(C(=O)O)c3s2)o1. The van der Waals surface area contributed by atoms with Crippen molar-refractivity contribution >= 4 is 22.1 Å². The third-order valence-electron chi connectivity index (χ3n) is 2.80. The molecule has 20 heavy (non-hydrogen) atoms. The first-order valence-electron chi connectivity index (χ1n) is 6.03. The Hall–Kier alpha value is -2.15. The van der Waals surface area contributed by atoms with Crippen LogP contribution in [0.1, 0.15) is 37.2 Å². The van der Waals surface area contributed by atoms with E-state index in [9.17, 15) is 4.79 Å². The molecule has 0 spiro atoms. The summed E-state index contributed by atoms with van der Waals surface area (Å²) in [6, 6.07) is 0. The van der Waals surface area contributed by atoms with Crippen molar-refractivity contribution in [1.29, 1.82) is 0 Å². The number of carboxylic acid groups (broad SMARTS) is 1. The molecule has 0 aliphatic heterocycles. The Morgan fingerprint density at radius 2 is 2.15 bits per heavy atom. The van der Waals surface area contributed by atoms with Gasteiger partial charge in [0.05, 0.1) is 11.1 Å². The van der Waals surface area contributed by atoms with Crippen molar-refractivity contribution in [2.45, 2.75) is 26.2 Å². The van der Waals surface area contributed by atoms with E-state index in [1.54, 1.807) is 16.8 Å². The molecular formula is C13H13N3O3S. The first-order chi connectivity index (χ1) is 9.36. The largest absolute Gasteiger partial charge is 0.476 e. The fourth-order valence-corrected chi connectivity index (χ4v) is 2.81. The monoisotopic (exact) mass is 291 g/mol. The van der Waals surface area contributed by atoms with E-state index < -0.39 is 5.97 Å². The molecular weight excluding hydrogens is 278 g/mol. The number of aromatic nitrogens is 3. The number of imidazole rings is 1. The summed E-state index contributed by atoms with van der Waals surface area (Å²) in [6.07, 6.45) is 4.95. The van der Waals surface area contributed by atoms with E-state index >= 15 is 0 Å². The number of hydrogen-bond donors (Lipinski definition) is 1. The quantitative estimate of drug-likeness (QED) is 0.785. The Morgan fingerprint density at radius 1 is 1.40 bits per heavy atom. The fourth-order valence-electron chi connectivity index (χ4n) is 1.80. The lowest BCUT2D eigenvalue weighted by atomic mass is 9.97. The van der Waals surface area contributed by atoms with Gasteiger partial charge in [0.1, 0.15) is 11.2 Å². The number of aromatic carboxylic acids is 1. The smallest absolute Gasteiger partial charge is 0.357 e. The summed E-state index contributed by atoms with van der Waals surface area (Å²) in [4.78, 5) is 20.6. The molecule has 3 aromatic heterocycles. The summed E-state index contributed by atoms with van der Waals surface area (Å²) in [5.41, 5.74) is -0.109. The summed E-state index contributed by atoms with van der Waals surface area (Å²) >= 11 is 1.32. The second-order valence-corrected chi connectivity index (χ2v) is 6.52. The highest BCUT2D eigenvalue weighted by Gasteiger charge is 2.22. The topological polar surface area (TPSA) is 80.6 Å². The van der Waals surface area contributed by atoms with E-state index in [0.29, 0.717) is 16.5 Å². The van der Waals surface area contributed by atoms with Crippen LogP contribution in [0.15, 0.2) is 23.1 Å². The number of nitrogens with zero attached hydrogens (tertiary/aromatic N) is 3. The maximum atomic E-state index is 11.1. The van der Waals surface area contributed by atoms with Gasteiger partial charge in [-0.1, -0.05) is 20.8 Å². The number of carboxylic acids is 1. The normalized spacial score (nSPS) is 12.2. The molecule has 3 heterocycles. The van der Waals surface area contributed by atoms with Crippen LogP contribution in [0.4, 0.5) is 0 Å². The molecule has 3 aromatic rings. The van der Waals surface area contributed by atoms with E-state index in [1.165, 1.54) is 17.7 Å². The highest BCUT2D eigenvalue weighted by Crippen LogP contribution is 2.33. The number of thiazole rings is 1. The minimum Gasteiger partial charge on any atom is -0.476 e. The highest BCUT2D eigenvalue weighted by atomic mass is 32.1. The predicted octanol–water partition coefficient (Wildman–Crippen LogP) is 3.05. The Morgan fingerprint density at radius 3 is 2.75 bits per heavy atom. The van der Waals surface area contributed by atoms with Crippen molar-refractivity contribution in [3.05, 3.63) is 30.3 Å². The third-order valence-corrected chi connectivity index (χ3v) is 3.93. The molecule has 0 amide bonds. The standard InChI is InChI=1S/C13H13N3O3S/c1-13(2,3)12-14-4-7(19-12)8-5-16-6-15-9(11(17)18)10(16)20-8/h4-6H,1-3H3,(H,17,18). The van der Waals surface area contributed by atoms with Gasteiger partial charge in [0.15, 0.2) is 17.3 Å². The van der Waals surface area contributed by atoms with Gasteiger partial charge in [-0.15, -0.1) is 11.3 Å².